The third-order valence-corrected chi connectivity index (χ3v) is 8.85. The van der Waals surface area contributed by atoms with Gasteiger partial charge in [-0.2, -0.15) is 0 Å². The lowest BCUT2D eigenvalue weighted by atomic mass is 10.0. The van der Waals surface area contributed by atoms with Gasteiger partial charge in [0.2, 0.25) is 0 Å². The lowest BCUT2D eigenvalue weighted by molar-refractivity contribution is 0.121. The van der Waals surface area contributed by atoms with Crippen molar-refractivity contribution in [2.75, 3.05) is 6.61 Å². The lowest BCUT2D eigenvalue weighted by Gasteiger charge is -2.39. The van der Waals surface area contributed by atoms with Crippen molar-refractivity contribution < 1.29 is 9.53 Å². The summed E-state index contributed by atoms with van der Waals surface area (Å²) in [4.78, 5) is 0. The summed E-state index contributed by atoms with van der Waals surface area (Å²) in [6, 6.07) is 0. The quantitative estimate of drug-likeness (QED) is 0.766. The minimum Gasteiger partial charge on any atom is -0.414 e. The molecule has 0 saturated heterocycles. The van der Waals surface area contributed by atoms with E-state index in [0.717, 1.165) is 6.42 Å². The fraction of sp³-hybridized carbons (Fsp3) is 1.00. The highest BCUT2D eigenvalue weighted by Gasteiger charge is 2.41. The molecule has 96 valence electrons. The molecular formula is C13H28O2Si. The Hall–Kier alpha value is 0.137. The van der Waals surface area contributed by atoms with Crippen LogP contribution in [0.25, 0.3) is 0 Å². The van der Waals surface area contributed by atoms with E-state index in [9.17, 15) is 0 Å². The molecule has 2 atom stereocenters. The van der Waals surface area contributed by atoms with Crippen molar-refractivity contribution in [3.63, 3.8) is 0 Å². The topological polar surface area (TPSA) is 29.5 Å². The van der Waals surface area contributed by atoms with E-state index in [4.69, 9.17) is 9.53 Å². The smallest absolute Gasteiger partial charge is 0.192 e. The van der Waals surface area contributed by atoms with E-state index in [0.29, 0.717) is 23.7 Å². The third kappa shape index (κ3) is 3.31. The molecule has 1 rings (SSSR count). The molecule has 1 aliphatic carbocycles. The molecule has 0 aromatic rings. The van der Waals surface area contributed by atoms with Crippen molar-refractivity contribution in [1.82, 2.24) is 0 Å². The lowest BCUT2D eigenvalue weighted by Crippen LogP contribution is -2.44. The van der Waals surface area contributed by atoms with Crippen molar-refractivity contribution in [1.29, 1.82) is 0 Å². The summed E-state index contributed by atoms with van der Waals surface area (Å²) in [6.07, 6.45) is 5.02. The van der Waals surface area contributed by atoms with E-state index in [-0.39, 0.29) is 0 Å². The average molecular weight is 244 g/mol. The first-order valence-corrected chi connectivity index (χ1v) is 9.47. The molecule has 2 nitrogen and oxygen atoms in total. The normalized spacial score (nSPS) is 27.4. The molecule has 0 spiro atoms. The van der Waals surface area contributed by atoms with E-state index in [1.165, 1.54) is 19.3 Å². The first-order chi connectivity index (χ1) is 7.28. The first-order valence-electron chi connectivity index (χ1n) is 6.56. The van der Waals surface area contributed by atoms with E-state index >= 15 is 0 Å². The third-order valence-electron chi connectivity index (χ3n) is 4.34. The largest absolute Gasteiger partial charge is 0.414 e. The highest BCUT2D eigenvalue weighted by atomic mass is 28.4. The van der Waals surface area contributed by atoms with Gasteiger partial charge in [-0.15, -0.1) is 0 Å². The molecule has 1 N–H and O–H groups in total. The van der Waals surface area contributed by atoms with Crippen LogP contribution in [0.15, 0.2) is 0 Å². The highest BCUT2D eigenvalue weighted by molar-refractivity contribution is 6.74. The molecular weight excluding hydrogens is 216 g/mol. The van der Waals surface area contributed by atoms with Crippen LogP contribution in [0.4, 0.5) is 0 Å². The maximum absolute atomic E-state index is 9.06. The molecule has 2 unspecified atom stereocenters. The van der Waals surface area contributed by atoms with Gasteiger partial charge in [-0.25, -0.2) is 0 Å². The average Bonchev–Trinajstić information content (AvgIpc) is 2.51. The molecule has 1 aliphatic rings. The van der Waals surface area contributed by atoms with Crippen LogP contribution in [-0.2, 0) is 4.43 Å². The van der Waals surface area contributed by atoms with Gasteiger partial charge in [-0.05, 0) is 43.3 Å². The minimum atomic E-state index is -1.62. The number of hydrogen-bond acceptors (Lipinski definition) is 2. The molecule has 16 heavy (non-hydrogen) atoms. The summed E-state index contributed by atoms with van der Waals surface area (Å²) in [7, 11) is -1.62. The van der Waals surface area contributed by atoms with Crippen molar-refractivity contribution in [3.05, 3.63) is 0 Å². The van der Waals surface area contributed by atoms with Gasteiger partial charge in [0.1, 0.15) is 0 Å². The van der Waals surface area contributed by atoms with E-state index in [2.05, 4.69) is 33.9 Å². The molecule has 1 fully saturated rings. The molecule has 0 aliphatic heterocycles. The van der Waals surface area contributed by atoms with Crippen LogP contribution in [0, 0.1) is 5.92 Å². The van der Waals surface area contributed by atoms with Crippen LogP contribution in [0.3, 0.4) is 0 Å². The molecule has 0 aromatic carbocycles. The predicted octanol–water partition coefficient (Wildman–Crippen LogP) is 3.56. The summed E-state index contributed by atoms with van der Waals surface area (Å²) in [6.45, 7) is 11.8. The summed E-state index contributed by atoms with van der Waals surface area (Å²) in [5, 5.41) is 9.35. The minimum absolute atomic E-state index is 0.291. The second-order valence-electron chi connectivity index (χ2n) is 6.62. The number of hydrogen-bond donors (Lipinski definition) is 1. The Morgan fingerprint density at radius 3 is 2.38 bits per heavy atom. The van der Waals surface area contributed by atoms with Crippen LogP contribution in [-0.4, -0.2) is 26.1 Å². The van der Waals surface area contributed by atoms with E-state index in [1.807, 2.05) is 0 Å². The van der Waals surface area contributed by atoms with Gasteiger partial charge in [-0.3, -0.25) is 0 Å². The Kier molecular flexibility index (Phi) is 4.61. The standard InChI is InChI=1S/C13H28O2Si/c1-13(2,3)16(4,5)15-12-8-6-7-11(12)9-10-14/h11-12,14H,6-10H2,1-5H3. The second kappa shape index (κ2) is 5.19. The predicted molar refractivity (Wildman–Crippen MR) is 71.1 cm³/mol. The Balaban J connectivity index is 2.59. The molecule has 0 aromatic heterocycles. The van der Waals surface area contributed by atoms with Gasteiger partial charge >= 0.3 is 0 Å². The number of aliphatic hydroxyl groups is 1. The van der Waals surface area contributed by atoms with Gasteiger partial charge in [0.25, 0.3) is 0 Å². The van der Waals surface area contributed by atoms with Crippen LogP contribution in [0.1, 0.15) is 46.5 Å². The summed E-state index contributed by atoms with van der Waals surface area (Å²) in [5.41, 5.74) is 0. The molecule has 0 amide bonds. The Morgan fingerprint density at radius 1 is 1.25 bits per heavy atom. The van der Waals surface area contributed by atoms with Gasteiger partial charge in [-0.1, -0.05) is 27.2 Å². The molecule has 0 heterocycles. The van der Waals surface area contributed by atoms with Crippen molar-refractivity contribution >= 4 is 8.32 Å². The Morgan fingerprint density at radius 2 is 1.88 bits per heavy atom. The maximum atomic E-state index is 9.06. The first kappa shape index (κ1) is 14.2. The van der Waals surface area contributed by atoms with Gasteiger partial charge in [0.05, 0.1) is 0 Å². The van der Waals surface area contributed by atoms with Crippen LogP contribution >= 0.6 is 0 Å². The SMILES string of the molecule is CC(C)(C)[Si](C)(C)OC1CCCC1CCO. The van der Waals surface area contributed by atoms with Gasteiger partial charge < -0.3 is 9.53 Å². The van der Waals surface area contributed by atoms with Crippen LogP contribution in [0.2, 0.25) is 18.1 Å². The Labute approximate surface area is 102 Å². The summed E-state index contributed by atoms with van der Waals surface area (Å²) in [5.74, 6) is 0.596. The van der Waals surface area contributed by atoms with E-state index in [1.54, 1.807) is 0 Å². The van der Waals surface area contributed by atoms with E-state index < -0.39 is 8.32 Å². The van der Waals surface area contributed by atoms with Crippen LogP contribution < -0.4 is 0 Å². The molecule has 0 bridgehead atoms. The zero-order valence-corrected chi connectivity index (χ0v) is 12.5. The zero-order chi connectivity index (χ0) is 12.4. The van der Waals surface area contributed by atoms with Crippen LogP contribution in [0.5, 0.6) is 0 Å². The monoisotopic (exact) mass is 244 g/mol. The Bertz CT molecular complexity index is 220. The molecule has 0 radical (unpaired) electrons. The van der Waals surface area contributed by atoms with Crippen molar-refractivity contribution in [2.24, 2.45) is 5.92 Å². The highest BCUT2D eigenvalue weighted by Crippen LogP contribution is 2.41. The number of rotatable bonds is 4. The van der Waals surface area contributed by atoms with Crippen molar-refractivity contribution in [3.8, 4) is 0 Å². The van der Waals surface area contributed by atoms with Gasteiger partial charge in [0.15, 0.2) is 8.32 Å². The maximum Gasteiger partial charge on any atom is 0.192 e. The second-order valence-corrected chi connectivity index (χ2v) is 11.4. The fourth-order valence-electron chi connectivity index (χ4n) is 2.21. The number of aliphatic hydroxyl groups excluding tert-OH is 1. The molecule has 1 saturated carbocycles. The molecule has 3 heteroatoms. The van der Waals surface area contributed by atoms with Gasteiger partial charge in [0, 0.05) is 12.7 Å². The zero-order valence-electron chi connectivity index (χ0n) is 11.5. The summed E-state index contributed by atoms with van der Waals surface area (Å²) < 4.78 is 6.46. The fourth-order valence-corrected chi connectivity index (χ4v) is 3.63. The summed E-state index contributed by atoms with van der Waals surface area (Å²) >= 11 is 0. The van der Waals surface area contributed by atoms with Crippen molar-refractivity contribution in [2.45, 2.75) is 70.7 Å².